The average molecular weight is 295 g/mol. The van der Waals surface area contributed by atoms with Gasteiger partial charge in [0, 0.05) is 6.07 Å². The van der Waals surface area contributed by atoms with Crippen molar-refractivity contribution in [3.63, 3.8) is 0 Å². The number of aromatic amines is 1. The van der Waals surface area contributed by atoms with Gasteiger partial charge < -0.3 is 9.72 Å². The number of hydrogen-bond donors (Lipinski definition) is 1. The van der Waals surface area contributed by atoms with Crippen molar-refractivity contribution in [1.29, 1.82) is 5.26 Å². The van der Waals surface area contributed by atoms with Gasteiger partial charge in [-0.2, -0.15) is 5.26 Å². The third-order valence-corrected chi connectivity index (χ3v) is 3.51. The molecule has 1 aromatic heterocycles. The molecule has 21 heavy (non-hydrogen) atoms. The third-order valence-electron chi connectivity index (χ3n) is 3.23. The second-order valence-corrected chi connectivity index (χ2v) is 4.89. The Morgan fingerprint density at radius 1 is 1.29 bits per heavy atom. The van der Waals surface area contributed by atoms with Gasteiger partial charge >= 0.3 is 0 Å². The van der Waals surface area contributed by atoms with Crippen LogP contribution < -0.4 is 4.74 Å². The van der Waals surface area contributed by atoms with Gasteiger partial charge in [-0.3, -0.25) is 4.57 Å². The van der Waals surface area contributed by atoms with Crippen LogP contribution in [0.3, 0.4) is 0 Å². The van der Waals surface area contributed by atoms with Crippen LogP contribution in [0, 0.1) is 16.1 Å². The van der Waals surface area contributed by atoms with Gasteiger partial charge in [0.15, 0.2) is 4.77 Å². The molecule has 4 nitrogen and oxygen atoms in total. The minimum absolute atomic E-state index is 0.557. The highest BCUT2D eigenvalue weighted by Gasteiger charge is 2.10. The molecule has 5 heteroatoms. The Balaban J connectivity index is 2.26. The number of aromatic nitrogens is 2. The maximum absolute atomic E-state index is 9.19. The zero-order valence-electron chi connectivity index (χ0n) is 11.5. The molecule has 2 aromatic carbocycles. The molecular weight excluding hydrogens is 282 g/mol. The van der Waals surface area contributed by atoms with Crippen LogP contribution in [0.15, 0.2) is 42.5 Å². The van der Waals surface area contributed by atoms with Crippen LogP contribution >= 0.6 is 12.2 Å². The predicted octanol–water partition coefficient (Wildman–Crippen LogP) is 3.96. The standard InChI is InChI=1S/C16H13N3OS/c1-2-20-13-7-4-6-12(9-13)19-14-8-3-5-11(10-17)15(14)18-16(19)21/h3-9H,2H2,1H3,(H,18,21). The number of fused-ring (bicyclic) bond motifs is 1. The number of rotatable bonds is 3. The third kappa shape index (κ3) is 2.30. The molecule has 0 saturated heterocycles. The average Bonchev–Trinajstić information content (AvgIpc) is 2.83. The van der Waals surface area contributed by atoms with E-state index in [0.717, 1.165) is 22.5 Å². The van der Waals surface area contributed by atoms with E-state index in [2.05, 4.69) is 11.1 Å². The van der Waals surface area contributed by atoms with E-state index >= 15 is 0 Å². The lowest BCUT2D eigenvalue weighted by molar-refractivity contribution is 0.340. The van der Waals surface area contributed by atoms with Crippen LogP contribution in [-0.2, 0) is 0 Å². The SMILES string of the molecule is CCOc1cccc(-n2c(=S)[nH]c3c(C#N)cccc32)c1. The number of H-pyrrole nitrogens is 1. The summed E-state index contributed by atoms with van der Waals surface area (Å²) in [6.45, 7) is 2.56. The Morgan fingerprint density at radius 3 is 2.86 bits per heavy atom. The molecule has 0 unspecified atom stereocenters. The van der Waals surface area contributed by atoms with Crippen LogP contribution in [0.4, 0.5) is 0 Å². The number of hydrogen-bond acceptors (Lipinski definition) is 3. The fraction of sp³-hybridized carbons (Fsp3) is 0.125. The summed E-state index contributed by atoms with van der Waals surface area (Å²) in [5, 5.41) is 9.19. The predicted molar refractivity (Wildman–Crippen MR) is 84.3 cm³/mol. The van der Waals surface area contributed by atoms with Crippen LogP contribution in [0.25, 0.3) is 16.7 Å². The smallest absolute Gasteiger partial charge is 0.182 e. The molecule has 0 saturated carbocycles. The van der Waals surface area contributed by atoms with E-state index in [4.69, 9.17) is 17.0 Å². The molecule has 0 aliphatic heterocycles. The Kier molecular flexibility index (Phi) is 3.46. The van der Waals surface area contributed by atoms with Crippen molar-refractivity contribution in [2.24, 2.45) is 0 Å². The molecule has 0 aliphatic carbocycles. The van der Waals surface area contributed by atoms with E-state index in [1.807, 2.05) is 47.9 Å². The molecule has 3 rings (SSSR count). The van der Waals surface area contributed by atoms with Gasteiger partial charge in [-0.1, -0.05) is 12.1 Å². The van der Waals surface area contributed by atoms with Crippen molar-refractivity contribution < 1.29 is 4.74 Å². The van der Waals surface area contributed by atoms with E-state index in [0.29, 0.717) is 16.9 Å². The van der Waals surface area contributed by atoms with Gasteiger partial charge in [0.1, 0.15) is 11.8 Å². The fourth-order valence-corrected chi connectivity index (χ4v) is 2.66. The van der Waals surface area contributed by atoms with Gasteiger partial charge in [0.2, 0.25) is 0 Å². The van der Waals surface area contributed by atoms with E-state index in [1.54, 1.807) is 6.07 Å². The van der Waals surface area contributed by atoms with E-state index in [-0.39, 0.29) is 0 Å². The monoisotopic (exact) mass is 295 g/mol. The first-order chi connectivity index (χ1) is 10.2. The quantitative estimate of drug-likeness (QED) is 0.744. The van der Waals surface area contributed by atoms with Crippen molar-refractivity contribution in [2.75, 3.05) is 6.61 Å². The summed E-state index contributed by atoms with van der Waals surface area (Å²) >= 11 is 5.41. The summed E-state index contributed by atoms with van der Waals surface area (Å²) in [5.74, 6) is 0.794. The summed E-state index contributed by atoms with van der Waals surface area (Å²) in [6, 6.07) is 15.5. The van der Waals surface area contributed by atoms with E-state index < -0.39 is 0 Å². The van der Waals surface area contributed by atoms with Crippen molar-refractivity contribution in [1.82, 2.24) is 9.55 Å². The minimum atomic E-state index is 0.557. The van der Waals surface area contributed by atoms with Crippen LogP contribution in [0.5, 0.6) is 5.75 Å². The molecular formula is C16H13N3OS. The summed E-state index contributed by atoms with van der Waals surface area (Å²) in [4.78, 5) is 3.11. The highest BCUT2D eigenvalue weighted by atomic mass is 32.1. The molecule has 0 aliphatic rings. The van der Waals surface area contributed by atoms with E-state index in [1.165, 1.54) is 0 Å². The van der Waals surface area contributed by atoms with Crippen LogP contribution in [0.2, 0.25) is 0 Å². The number of ether oxygens (including phenoxy) is 1. The van der Waals surface area contributed by atoms with Gasteiger partial charge in [-0.25, -0.2) is 0 Å². The molecule has 0 spiro atoms. The first-order valence-electron chi connectivity index (χ1n) is 6.61. The summed E-state index contributed by atoms with van der Waals surface area (Å²) in [5.41, 5.74) is 3.13. The number of nitrogens with zero attached hydrogens (tertiary/aromatic N) is 2. The second kappa shape index (κ2) is 5.43. The van der Waals surface area contributed by atoms with Crippen LogP contribution in [0.1, 0.15) is 12.5 Å². The van der Waals surface area contributed by atoms with Gasteiger partial charge in [-0.15, -0.1) is 0 Å². The number of imidazole rings is 1. The maximum Gasteiger partial charge on any atom is 0.182 e. The molecule has 0 amide bonds. The maximum atomic E-state index is 9.19. The van der Waals surface area contributed by atoms with Crippen LogP contribution in [-0.4, -0.2) is 16.2 Å². The van der Waals surface area contributed by atoms with E-state index in [9.17, 15) is 5.26 Å². The van der Waals surface area contributed by atoms with Crippen molar-refractivity contribution >= 4 is 23.3 Å². The summed E-state index contributed by atoms with van der Waals surface area (Å²) in [7, 11) is 0. The van der Waals surface area contributed by atoms with Crippen molar-refractivity contribution in [2.45, 2.75) is 6.92 Å². The number of nitrogens with one attached hydrogen (secondary N) is 1. The summed E-state index contributed by atoms with van der Waals surface area (Å²) < 4.78 is 8.00. The molecule has 0 atom stereocenters. The normalized spacial score (nSPS) is 10.5. The Hall–Kier alpha value is -2.58. The molecule has 1 N–H and O–H groups in total. The zero-order chi connectivity index (χ0) is 14.8. The highest BCUT2D eigenvalue weighted by molar-refractivity contribution is 7.71. The fourth-order valence-electron chi connectivity index (χ4n) is 2.36. The molecule has 0 bridgehead atoms. The lowest BCUT2D eigenvalue weighted by atomic mass is 10.2. The number of benzene rings is 2. The topological polar surface area (TPSA) is 53.7 Å². The van der Waals surface area contributed by atoms with Crippen molar-refractivity contribution in [3.05, 3.63) is 52.8 Å². The van der Waals surface area contributed by atoms with Gasteiger partial charge in [0.25, 0.3) is 0 Å². The lowest BCUT2D eigenvalue weighted by Gasteiger charge is -2.08. The van der Waals surface area contributed by atoms with Gasteiger partial charge in [-0.05, 0) is 43.4 Å². The highest BCUT2D eigenvalue weighted by Crippen LogP contribution is 2.24. The Morgan fingerprint density at radius 2 is 2.10 bits per heavy atom. The largest absolute Gasteiger partial charge is 0.494 e. The van der Waals surface area contributed by atoms with Gasteiger partial charge in [0.05, 0.1) is 28.9 Å². The molecule has 0 radical (unpaired) electrons. The number of para-hydroxylation sites is 1. The zero-order valence-corrected chi connectivity index (χ0v) is 12.3. The number of nitriles is 1. The Bertz CT molecular complexity index is 902. The lowest BCUT2D eigenvalue weighted by Crippen LogP contribution is -1.96. The molecule has 1 heterocycles. The first kappa shape index (κ1) is 13.4. The minimum Gasteiger partial charge on any atom is -0.494 e. The van der Waals surface area contributed by atoms with Crippen molar-refractivity contribution in [3.8, 4) is 17.5 Å². The summed E-state index contributed by atoms with van der Waals surface area (Å²) in [6.07, 6.45) is 0. The second-order valence-electron chi connectivity index (χ2n) is 4.51. The molecule has 104 valence electrons. The molecule has 0 fully saturated rings. The first-order valence-corrected chi connectivity index (χ1v) is 7.02. The molecule has 3 aromatic rings. The Labute approximate surface area is 127 Å².